The van der Waals surface area contributed by atoms with Crippen molar-refractivity contribution in [2.75, 3.05) is 20.1 Å². The lowest BCUT2D eigenvalue weighted by Crippen LogP contribution is -2.43. The Morgan fingerprint density at radius 1 is 1.19 bits per heavy atom. The number of hydrogen-bond donors (Lipinski definition) is 0. The summed E-state index contributed by atoms with van der Waals surface area (Å²) in [5, 5.41) is 0. The van der Waals surface area contributed by atoms with Crippen LogP contribution in [0, 0.1) is 0 Å². The van der Waals surface area contributed by atoms with Crippen molar-refractivity contribution in [2.24, 2.45) is 0 Å². The van der Waals surface area contributed by atoms with Gasteiger partial charge < -0.3 is 4.90 Å². The van der Waals surface area contributed by atoms with Crippen molar-refractivity contribution in [3.05, 3.63) is 29.3 Å². The number of likely N-dealkylation sites (N-methyl/N-ethyl adjacent to an activating group) is 1. The topological polar surface area (TPSA) is 40.6 Å². The first-order chi connectivity index (χ1) is 9.82. The van der Waals surface area contributed by atoms with Gasteiger partial charge in [-0.1, -0.05) is 12.1 Å². The molecule has 0 bridgehead atoms. The van der Waals surface area contributed by atoms with Gasteiger partial charge in [0.15, 0.2) is 0 Å². The molecule has 116 valence electrons. The smallest absolute Gasteiger partial charge is 0.243 e. The third-order valence-corrected chi connectivity index (χ3v) is 7.00. The van der Waals surface area contributed by atoms with E-state index in [2.05, 4.69) is 18.0 Å². The number of fused-ring (bicyclic) bond motifs is 1. The van der Waals surface area contributed by atoms with Crippen molar-refractivity contribution in [1.29, 1.82) is 0 Å². The molecule has 21 heavy (non-hydrogen) atoms. The highest BCUT2D eigenvalue weighted by atomic mass is 32.2. The zero-order chi connectivity index (χ0) is 15.3. The number of rotatable bonds is 2. The maximum atomic E-state index is 13.1. The van der Waals surface area contributed by atoms with Crippen LogP contribution in [0.2, 0.25) is 0 Å². The quantitative estimate of drug-likeness (QED) is 0.841. The highest BCUT2D eigenvalue weighted by molar-refractivity contribution is 7.89. The highest BCUT2D eigenvalue weighted by Gasteiger charge is 2.41. The predicted octanol–water partition coefficient (Wildman–Crippen LogP) is 2.24. The molecule has 0 unspecified atom stereocenters. The molecule has 3 rings (SSSR count). The molecule has 4 nitrogen and oxygen atoms in total. The maximum Gasteiger partial charge on any atom is 0.243 e. The Hall–Kier alpha value is -0.910. The second-order valence-electron chi connectivity index (χ2n) is 6.87. The molecule has 0 radical (unpaired) electrons. The lowest BCUT2D eigenvalue weighted by molar-refractivity contribution is 0.289. The molecule has 0 atom stereocenters. The minimum absolute atomic E-state index is 0.271. The fraction of sp³-hybridized carbons (Fsp3) is 0.625. The van der Waals surface area contributed by atoms with Crippen molar-refractivity contribution in [2.45, 2.75) is 50.1 Å². The standard InChI is InChI=1S/C16H24N2O2S/c1-16(2)9-5-10-18(16)21(19,20)15-7-4-6-13-12-17(3)11-8-14(13)15/h4,6-7H,5,8-12H2,1-3H3. The van der Waals surface area contributed by atoms with Crippen molar-refractivity contribution < 1.29 is 8.42 Å². The van der Waals surface area contributed by atoms with Crippen molar-refractivity contribution in [3.8, 4) is 0 Å². The van der Waals surface area contributed by atoms with Crippen molar-refractivity contribution in [3.63, 3.8) is 0 Å². The van der Waals surface area contributed by atoms with E-state index >= 15 is 0 Å². The van der Waals surface area contributed by atoms with Crippen LogP contribution in [0.3, 0.4) is 0 Å². The summed E-state index contributed by atoms with van der Waals surface area (Å²) in [6, 6.07) is 5.72. The monoisotopic (exact) mass is 308 g/mol. The van der Waals surface area contributed by atoms with Gasteiger partial charge in [0, 0.05) is 25.2 Å². The van der Waals surface area contributed by atoms with Crippen LogP contribution in [0.5, 0.6) is 0 Å². The van der Waals surface area contributed by atoms with E-state index in [1.165, 1.54) is 0 Å². The van der Waals surface area contributed by atoms with E-state index in [4.69, 9.17) is 0 Å². The molecule has 0 aliphatic carbocycles. The van der Waals surface area contributed by atoms with Crippen LogP contribution in [0.25, 0.3) is 0 Å². The molecule has 1 saturated heterocycles. The molecule has 1 aromatic carbocycles. The van der Waals surface area contributed by atoms with Crippen LogP contribution in [-0.4, -0.2) is 43.3 Å². The Kier molecular flexibility index (Phi) is 3.62. The molecule has 0 aromatic heterocycles. The van der Waals surface area contributed by atoms with Gasteiger partial charge in [-0.2, -0.15) is 4.31 Å². The number of hydrogen-bond acceptors (Lipinski definition) is 3. The lowest BCUT2D eigenvalue weighted by atomic mass is 10.0. The van der Waals surface area contributed by atoms with Gasteiger partial charge in [0.25, 0.3) is 0 Å². The number of sulfonamides is 1. The SMILES string of the molecule is CN1CCc2c(cccc2S(=O)(=O)N2CCCC2(C)C)C1. The maximum absolute atomic E-state index is 13.1. The summed E-state index contributed by atoms with van der Waals surface area (Å²) in [5.74, 6) is 0. The summed E-state index contributed by atoms with van der Waals surface area (Å²) in [4.78, 5) is 2.77. The third-order valence-electron chi connectivity index (χ3n) is 4.81. The van der Waals surface area contributed by atoms with E-state index in [0.717, 1.165) is 43.5 Å². The molecular formula is C16H24N2O2S. The van der Waals surface area contributed by atoms with Gasteiger partial charge in [0.2, 0.25) is 10.0 Å². The van der Waals surface area contributed by atoms with E-state index < -0.39 is 10.0 Å². The van der Waals surface area contributed by atoms with Crippen molar-refractivity contribution >= 4 is 10.0 Å². The predicted molar refractivity (Wildman–Crippen MR) is 83.7 cm³/mol. The molecule has 2 aliphatic rings. The Morgan fingerprint density at radius 2 is 1.95 bits per heavy atom. The molecule has 2 aliphatic heterocycles. The van der Waals surface area contributed by atoms with Crippen LogP contribution in [0.15, 0.2) is 23.1 Å². The molecule has 0 N–H and O–H groups in total. The molecule has 5 heteroatoms. The lowest BCUT2D eigenvalue weighted by Gasteiger charge is -2.33. The van der Waals surface area contributed by atoms with Crippen LogP contribution in [0.4, 0.5) is 0 Å². The fourth-order valence-electron chi connectivity index (χ4n) is 3.60. The molecule has 0 amide bonds. The van der Waals surface area contributed by atoms with Crippen molar-refractivity contribution in [1.82, 2.24) is 9.21 Å². The molecule has 2 heterocycles. The van der Waals surface area contributed by atoms with Gasteiger partial charge in [0.05, 0.1) is 4.90 Å². The zero-order valence-electron chi connectivity index (χ0n) is 13.1. The van der Waals surface area contributed by atoms with Gasteiger partial charge >= 0.3 is 0 Å². The highest BCUT2D eigenvalue weighted by Crippen LogP contribution is 2.36. The van der Waals surface area contributed by atoms with Gasteiger partial charge in [-0.15, -0.1) is 0 Å². The molecule has 1 aromatic rings. The first-order valence-corrected chi connectivity index (χ1v) is 9.08. The fourth-order valence-corrected chi connectivity index (χ4v) is 5.75. The average Bonchev–Trinajstić information content (AvgIpc) is 2.78. The normalized spacial score (nSPS) is 23.2. The minimum atomic E-state index is -3.39. The van der Waals surface area contributed by atoms with E-state index in [1.54, 1.807) is 10.4 Å². The largest absolute Gasteiger partial charge is 0.302 e. The molecule has 0 saturated carbocycles. The van der Waals surface area contributed by atoms with Crippen LogP contribution < -0.4 is 0 Å². The Balaban J connectivity index is 2.07. The summed E-state index contributed by atoms with van der Waals surface area (Å²) in [5.41, 5.74) is 1.91. The first-order valence-electron chi connectivity index (χ1n) is 7.64. The third kappa shape index (κ3) is 2.51. The van der Waals surface area contributed by atoms with E-state index in [0.29, 0.717) is 11.4 Å². The van der Waals surface area contributed by atoms with Gasteiger partial charge in [-0.3, -0.25) is 0 Å². The second kappa shape index (κ2) is 5.07. The number of nitrogens with zero attached hydrogens (tertiary/aromatic N) is 2. The summed E-state index contributed by atoms with van der Waals surface area (Å²) < 4.78 is 27.9. The molecular weight excluding hydrogens is 284 g/mol. The summed E-state index contributed by atoms with van der Waals surface area (Å²) in [6.07, 6.45) is 2.70. The Labute approximate surface area is 127 Å². The molecule has 0 spiro atoms. The van der Waals surface area contributed by atoms with Crippen LogP contribution >= 0.6 is 0 Å². The van der Waals surface area contributed by atoms with E-state index in [1.807, 2.05) is 19.9 Å². The summed E-state index contributed by atoms with van der Waals surface area (Å²) >= 11 is 0. The van der Waals surface area contributed by atoms with Gasteiger partial charge in [-0.25, -0.2) is 8.42 Å². The first kappa shape index (κ1) is 15.0. The van der Waals surface area contributed by atoms with Gasteiger partial charge in [0.1, 0.15) is 0 Å². The van der Waals surface area contributed by atoms with Crippen LogP contribution in [-0.2, 0) is 23.0 Å². The number of benzene rings is 1. The minimum Gasteiger partial charge on any atom is -0.302 e. The summed E-state index contributed by atoms with van der Waals surface area (Å²) in [7, 11) is -1.31. The van der Waals surface area contributed by atoms with E-state index in [9.17, 15) is 8.42 Å². The van der Waals surface area contributed by atoms with E-state index in [-0.39, 0.29) is 5.54 Å². The zero-order valence-corrected chi connectivity index (χ0v) is 13.9. The average molecular weight is 308 g/mol. The molecule has 1 fully saturated rings. The summed E-state index contributed by atoms with van der Waals surface area (Å²) in [6.45, 7) is 6.45. The van der Waals surface area contributed by atoms with Gasteiger partial charge in [-0.05, 0) is 57.4 Å². The second-order valence-corrected chi connectivity index (χ2v) is 8.71. The van der Waals surface area contributed by atoms with Crippen LogP contribution in [0.1, 0.15) is 37.8 Å². The Bertz CT molecular complexity index is 652. The Morgan fingerprint density at radius 3 is 2.62 bits per heavy atom.